The molecule has 3 rings (SSSR count). The molecule has 1 aliphatic heterocycles. The monoisotopic (exact) mass is 442 g/mol. The predicted molar refractivity (Wildman–Crippen MR) is 126 cm³/mol. The van der Waals surface area contributed by atoms with Crippen LogP contribution in [0.3, 0.4) is 0 Å². The van der Waals surface area contributed by atoms with Crippen molar-refractivity contribution >= 4 is 23.5 Å². The van der Waals surface area contributed by atoms with E-state index in [1.165, 1.54) is 0 Å². The lowest BCUT2D eigenvalue weighted by Crippen LogP contribution is -2.38. The van der Waals surface area contributed by atoms with E-state index in [0.29, 0.717) is 31.1 Å². The Bertz CT molecular complexity index is 916. The number of halogens is 1. The summed E-state index contributed by atoms with van der Waals surface area (Å²) in [6, 6.07) is 13.9. The molecule has 1 fully saturated rings. The molecule has 2 N–H and O–H groups in total. The Kier molecular flexibility index (Phi) is 8.59. The first kappa shape index (κ1) is 22.9. The second-order valence-electron chi connectivity index (χ2n) is 7.52. The Hall–Kier alpha value is -2.73. The minimum Gasteiger partial charge on any atom is -0.497 e. The lowest BCUT2D eigenvalue weighted by Gasteiger charge is -2.18. The van der Waals surface area contributed by atoms with E-state index >= 15 is 0 Å². The second-order valence-corrected chi connectivity index (χ2v) is 7.92. The van der Waals surface area contributed by atoms with E-state index in [2.05, 4.69) is 22.8 Å². The molecule has 2 aromatic carbocycles. The number of benzene rings is 2. The molecule has 6 nitrogen and oxygen atoms in total. The highest BCUT2D eigenvalue weighted by Gasteiger charge is 2.20. The summed E-state index contributed by atoms with van der Waals surface area (Å²) in [5.74, 6) is 1.76. The predicted octanol–water partition coefficient (Wildman–Crippen LogP) is 3.77. The molecule has 7 heteroatoms. The Labute approximate surface area is 189 Å². The minimum absolute atomic E-state index is 0.241. The molecule has 0 radical (unpaired) electrons. The van der Waals surface area contributed by atoms with E-state index in [4.69, 9.17) is 21.3 Å². The average molecular weight is 443 g/mol. The number of carbonyl (C=O) groups is 1. The van der Waals surface area contributed by atoms with Crippen LogP contribution < -0.4 is 15.4 Å². The van der Waals surface area contributed by atoms with E-state index in [9.17, 15) is 4.79 Å². The van der Waals surface area contributed by atoms with Crippen molar-refractivity contribution in [1.82, 2.24) is 15.5 Å². The zero-order valence-corrected chi connectivity index (χ0v) is 19.0. The van der Waals surface area contributed by atoms with Crippen LogP contribution in [-0.2, 0) is 24.3 Å². The van der Waals surface area contributed by atoms with Gasteiger partial charge < -0.3 is 20.3 Å². The number of aliphatic imine (C=N–C) groups is 1. The van der Waals surface area contributed by atoms with Gasteiger partial charge in [0.05, 0.1) is 13.7 Å². The molecule has 0 saturated carbocycles. The third-order valence-electron chi connectivity index (χ3n) is 5.35. The normalized spacial score (nSPS) is 14.1. The molecule has 0 aliphatic carbocycles. The number of likely N-dealkylation sites (tertiary alicyclic amines) is 1. The van der Waals surface area contributed by atoms with E-state index < -0.39 is 0 Å². The van der Waals surface area contributed by atoms with E-state index in [1.54, 1.807) is 7.11 Å². The summed E-state index contributed by atoms with van der Waals surface area (Å²) >= 11 is 6.34. The summed E-state index contributed by atoms with van der Waals surface area (Å²) < 4.78 is 5.20. The summed E-state index contributed by atoms with van der Waals surface area (Å²) in [6.07, 6.45) is 2.39. The maximum atomic E-state index is 12.0. The first-order chi connectivity index (χ1) is 15.1. The van der Waals surface area contributed by atoms with Crippen molar-refractivity contribution in [2.75, 3.05) is 26.7 Å². The fraction of sp³-hybridized carbons (Fsp3) is 0.417. The van der Waals surface area contributed by atoms with Crippen molar-refractivity contribution < 1.29 is 9.53 Å². The maximum Gasteiger partial charge on any atom is 0.222 e. The average Bonchev–Trinajstić information content (AvgIpc) is 3.18. The van der Waals surface area contributed by atoms with Gasteiger partial charge in [0.1, 0.15) is 5.75 Å². The van der Waals surface area contributed by atoms with Crippen molar-refractivity contribution in [2.24, 2.45) is 4.99 Å². The van der Waals surface area contributed by atoms with Gasteiger partial charge in [-0.25, -0.2) is 4.99 Å². The third kappa shape index (κ3) is 6.62. The van der Waals surface area contributed by atoms with Gasteiger partial charge in [0.15, 0.2) is 5.96 Å². The molecule has 0 atom stereocenters. The summed E-state index contributed by atoms with van der Waals surface area (Å²) in [4.78, 5) is 18.7. The lowest BCUT2D eigenvalue weighted by molar-refractivity contribution is -0.128. The molecule has 31 heavy (non-hydrogen) atoms. The zero-order valence-electron chi connectivity index (χ0n) is 18.3. The number of guanidine groups is 1. The van der Waals surface area contributed by atoms with Gasteiger partial charge in [0.25, 0.3) is 0 Å². The van der Waals surface area contributed by atoms with E-state index in [0.717, 1.165) is 54.3 Å². The molecular weight excluding hydrogens is 412 g/mol. The van der Waals surface area contributed by atoms with Crippen LogP contribution in [0.15, 0.2) is 47.5 Å². The Morgan fingerprint density at radius 2 is 1.97 bits per heavy atom. The Morgan fingerprint density at radius 3 is 2.65 bits per heavy atom. The molecule has 166 valence electrons. The Morgan fingerprint density at radius 1 is 1.16 bits per heavy atom. The van der Waals surface area contributed by atoms with Gasteiger partial charge >= 0.3 is 0 Å². The van der Waals surface area contributed by atoms with Crippen LogP contribution in [0.2, 0.25) is 5.02 Å². The van der Waals surface area contributed by atoms with Crippen LogP contribution in [0.5, 0.6) is 5.75 Å². The molecule has 0 unspecified atom stereocenters. The van der Waals surface area contributed by atoms with Crippen molar-refractivity contribution in [3.05, 3.63) is 64.2 Å². The molecule has 0 aromatic heterocycles. The second kappa shape index (κ2) is 11.6. The van der Waals surface area contributed by atoms with Crippen molar-refractivity contribution in [2.45, 2.75) is 39.3 Å². The number of amides is 1. The summed E-state index contributed by atoms with van der Waals surface area (Å²) in [5.41, 5.74) is 3.35. The molecular formula is C24H31ClN4O2. The number of carbonyl (C=O) groups excluding carboxylic acids is 1. The van der Waals surface area contributed by atoms with Gasteiger partial charge in [-0.3, -0.25) is 4.79 Å². The number of nitrogens with one attached hydrogen (secondary N) is 2. The van der Waals surface area contributed by atoms with Gasteiger partial charge in [-0.1, -0.05) is 41.9 Å². The van der Waals surface area contributed by atoms with Crippen LogP contribution in [0.25, 0.3) is 0 Å². The Balaban J connectivity index is 1.60. The lowest BCUT2D eigenvalue weighted by atomic mass is 10.1. The first-order valence-electron chi connectivity index (χ1n) is 10.8. The number of hydrogen-bond donors (Lipinski definition) is 2. The maximum absolute atomic E-state index is 12.0. The molecule has 2 aromatic rings. The zero-order chi connectivity index (χ0) is 22.1. The van der Waals surface area contributed by atoms with Gasteiger partial charge in [-0.15, -0.1) is 0 Å². The molecule has 0 bridgehead atoms. The van der Waals surface area contributed by atoms with Gasteiger partial charge in [-0.05, 0) is 48.6 Å². The van der Waals surface area contributed by atoms with Crippen LogP contribution >= 0.6 is 11.6 Å². The van der Waals surface area contributed by atoms with E-state index in [-0.39, 0.29) is 5.91 Å². The first-order valence-corrected chi connectivity index (χ1v) is 11.2. The van der Waals surface area contributed by atoms with Crippen LogP contribution in [0, 0.1) is 0 Å². The SMILES string of the molecule is CCNC(=NCc1ccccc1CN1CCCC1=O)NCCc1ccc(OC)cc1Cl. The summed E-state index contributed by atoms with van der Waals surface area (Å²) in [6.45, 7) is 5.58. The highest BCUT2D eigenvalue weighted by molar-refractivity contribution is 6.31. The molecule has 0 spiro atoms. The summed E-state index contributed by atoms with van der Waals surface area (Å²) in [5, 5.41) is 7.37. The fourth-order valence-corrected chi connectivity index (χ4v) is 3.89. The minimum atomic E-state index is 0.241. The van der Waals surface area contributed by atoms with Crippen LogP contribution in [0.4, 0.5) is 0 Å². The highest BCUT2D eigenvalue weighted by Crippen LogP contribution is 2.22. The quantitative estimate of drug-likeness (QED) is 0.458. The number of rotatable bonds is 9. The van der Waals surface area contributed by atoms with Crippen LogP contribution in [0.1, 0.15) is 36.5 Å². The largest absolute Gasteiger partial charge is 0.497 e. The molecule has 1 heterocycles. The van der Waals surface area contributed by atoms with Gasteiger partial charge in [0.2, 0.25) is 5.91 Å². The molecule has 1 amide bonds. The van der Waals surface area contributed by atoms with E-state index in [1.807, 2.05) is 42.2 Å². The van der Waals surface area contributed by atoms with Gasteiger partial charge in [0, 0.05) is 37.6 Å². The fourth-order valence-electron chi connectivity index (χ4n) is 3.62. The third-order valence-corrected chi connectivity index (χ3v) is 5.70. The van der Waals surface area contributed by atoms with Crippen molar-refractivity contribution in [3.8, 4) is 5.75 Å². The standard InChI is InChI=1S/C24H31ClN4O2/c1-3-26-24(27-13-12-18-10-11-21(31-2)15-22(18)25)28-16-19-7-4-5-8-20(19)17-29-14-6-9-23(29)30/h4-5,7-8,10-11,15H,3,6,9,12-14,16-17H2,1-2H3,(H2,26,27,28). The highest BCUT2D eigenvalue weighted by atomic mass is 35.5. The number of ether oxygens (including phenoxy) is 1. The molecule has 1 saturated heterocycles. The van der Waals surface area contributed by atoms with Crippen molar-refractivity contribution in [1.29, 1.82) is 0 Å². The van der Waals surface area contributed by atoms with Crippen LogP contribution in [-0.4, -0.2) is 43.5 Å². The number of hydrogen-bond acceptors (Lipinski definition) is 3. The smallest absolute Gasteiger partial charge is 0.222 e. The number of nitrogens with zero attached hydrogens (tertiary/aromatic N) is 2. The number of methoxy groups -OCH3 is 1. The van der Waals surface area contributed by atoms with Gasteiger partial charge in [-0.2, -0.15) is 0 Å². The molecule has 1 aliphatic rings. The summed E-state index contributed by atoms with van der Waals surface area (Å²) in [7, 11) is 1.63. The van der Waals surface area contributed by atoms with Crippen molar-refractivity contribution in [3.63, 3.8) is 0 Å². The topological polar surface area (TPSA) is 66.0 Å².